The Balaban J connectivity index is 2.23. The highest BCUT2D eigenvalue weighted by atomic mass is 35.5. The molecule has 1 N–H and O–H groups in total. The molecule has 2 aromatic carbocycles. The fourth-order valence-corrected chi connectivity index (χ4v) is 1.61. The van der Waals surface area contributed by atoms with E-state index in [2.05, 4.69) is 5.32 Å². The van der Waals surface area contributed by atoms with Crippen LogP contribution in [-0.4, -0.2) is 6.29 Å². The number of carbonyl (C=O) groups is 1. The molecule has 2 rings (SSSR count). The number of nitrogens with one attached hydrogen (secondary N) is 1. The zero-order valence-corrected chi connectivity index (χ0v) is 9.24. The Bertz CT molecular complexity index is 497. The molecule has 2 aromatic rings. The largest absolute Gasteiger partial charge is 0.355 e. The Kier molecular flexibility index (Phi) is 3.22. The molecular weight excluding hydrogens is 222 g/mol. The molecule has 0 atom stereocenters. The third-order valence-corrected chi connectivity index (χ3v) is 2.52. The molecule has 3 heteroatoms. The van der Waals surface area contributed by atoms with E-state index in [9.17, 15) is 4.79 Å². The van der Waals surface area contributed by atoms with E-state index in [1.807, 2.05) is 36.4 Å². The van der Waals surface area contributed by atoms with Gasteiger partial charge in [-0.1, -0.05) is 29.8 Å². The minimum Gasteiger partial charge on any atom is -0.355 e. The molecule has 2 nitrogen and oxygen atoms in total. The predicted octanol–water partition coefficient (Wildman–Crippen LogP) is 3.90. The van der Waals surface area contributed by atoms with Crippen molar-refractivity contribution in [3.63, 3.8) is 0 Å². The minimum atomic E-state index is 0.455. The number of rotatable bonds is 3. The molecule has 0 spiro atoms. The van der Waals surface area contributed by atoms with Crippen LogP contribution >= 0.6 is 11.6 Å². The summed E-state index contributed by atoms with van der Waals surface area (Å²) < 4.78 is 0. The van der Waals surface area contributed by atoms with Crippen molar-refractivity contribution < 1.29 is 4.79 Å². The first-order chi connectivity index (χ1) is 7.79. The van der Waals surface area contributed by atoms with E-state index in [-0.39, 0.29) is 0 Å². The maximum Gasteiger partial charge on any atom is 0.151 e. The number of para-hydroxylation sites is 1. The van der Waals surface area contributed by atoms with Gasteiger partial charge in [0.2, 0.25) is 0 Å². The van der Waals surface area contributed by atoms with Crippen LogP contribution in [-0.2, 0) is 0 Å². The molecule has 0 saturated carbocycles. The van der Waals surface area contributed by atoms with Gasteiger partial charge in [-0.25, -0.2) is 0 Å². The topological polar surface area (TPSA) is 29.1 Å². The molecule has 80 valence electrons. The number of halogens is 1. The number of aldehydes is 1. The highest BCUT2D eigenvalue weighted by Gasteiger charge is 2.00. The van der Waals surface area contributed by atoms with Crippen LogP contribution in [0.3, 0.4) is 0 Å². The van der Waals surface area contributed by atoms with Gasteiger partial charge in [-0.05, 0) is 30.3 Å². The zero-order chi connectivity index (χ0) is 11.4. The van der Waals surface area contributed by atoms with E-state index >= 15 is 0 Å². The van der Waals surface area contributed by atoms with Gasteiger partial charge in [-0.3, -0.25) is 4.79 Å². The lowest BCUT2D eigenvalue weighted by Crippen LogP contribution is -1.91. The van der Waals surface area contributed by atoms with E-state index < -0.39 is 0 Å². The van der Waals surface area contributed by atoms with Crippen molar-refractivity contribution in [2.45, 2.75) is 0 Å². The maximum absolute atomic E-state index is 10.6. The monoisotopic (exact) mass is 231 g/mol. The maximum atomic E-state index is 10.6. The lowest BCUT2D eigenvalue weighted by Gasteiger charge is -2.07. The predicted molar refractivity (Wildman–Crippen MR) is 66.6 cm³/mol. The summed E-state index contributed by atoms with van der Waals surface area (Å²) in [5.41, 5.74) is 2.35. The van der Waals surface area contributed by atoms with Gasteiger partial charge in [0.05, 0.1) is 5.02 Å². The fourth-order valence-electron chi connectivity index (χ4n) is 1.39. The Morgan fingerprint density at radius 2 is 1.75 bits per heavy atom. The third kappa shape index (κ3) is 2.41. The van der Waals surface area contributed by atoms with Crippen molar-refractivity contribution in [1.82, 2.24) is 0 Å². The normalized spacial score (nSPS) is 9.81. The van der Waals surface area contributed by atoms with E-state index in [1.54, 1.807) is 12.1 Å². The highest BCUT2D eigenvalue weighted by molar-refractivity contribution is 6.33. The summed E-state index contributed by atoms with van der Waals surface area (Å²) in [7, 11) is 0. The Morgan fingerprint density at radius 3 is 2.38 bits per heavy atom. The van der Waals surface area contributed by atoms with Crippen LogP contribution in [0.4, 0.5) is 11.4 Å². The van der Waals surface area contributed by atoms with Gasteiger partial charge in [0, 0.05) is 16.9 Å². The Morgan fingerprint density at radius 1 is 1.00 bits per heavy atom. The van der Waals surface area contributed by atoms with E-state index in [4.69, 9.17) is 11.6 Å². The van der Waals surface area contributed by atoms with Crippen LogP contribution in [0.5, 0.6) is 0 Å². The number of hydrogen-bond donors (Lipinski definition) is 1. The quantitative estimate of drug-likeness (QED) is 0.812. The second kappa shape index (κ2) is 4.81. The van der Waals surface area contributed by atoms with Crippen LogP contribution in [0.1, 0.15) is 10.4 Å². The number of anilines is 2. The van der Waals surface area contributed by atoms with E-state index in [0.717, 1.165) is 17.7 Å². The van der Waals surface area contributed by atoms with Crippen molar-refractivity contribution in [2.24, 2.45) is 0 Å². The van der Waals surface area contributed by atoms with Crippen LogP contribution in [0.25, 0.3) is 0 Å². The molecule has 0 radical (unpaired) electrons. The van der Waals surface area contributed by atoms with Gasteiger partial charge in [-0.2, -0.15) is 0 Å². The van der Waals surface area contributed by atoms with Gasteiger partial charge >= 0.3 is 0 Å². The van der Waals surface area contributed by atoms with Crippen molar-refractivity contribution in [3.05, 3.63) is 59.1 Å². The van der Waals surface area contributed by atoms with Crippen molar-refractivity contribution in [3.8, 4) is 0 Å². The first-order valence-electron chi connectivity index (χ1n) is 4.86. The average Bonchev–Trinajstić information content (AvgIpc) is 2.31. The summed E-state index contributed by atoms with van der Waals surface area (Å²) in [5, 5.41) is 3.65. The van der Waals surface area contributed by atoms with Gasteiger partial charge in [0.25, 0.3) is 0 Å². The molecule has 0 aliphatic heterocycles. The fraction of sp³-hybridized carbons (Fsp3) is 0. The lowest BCUT2D eigenvalue weighted by molar-refractivity contribution is 0.112. The van der Waals surface area contributed by atoms with Gasteiger partial charge < -0.3 is 5.32 Å². The van der Waals surface area contributed by atoms with Crippen molar-refractivity contribution in [1.29, 1.82) is 0 Å². The summed E-state index contributed by atoms with van der Waals surface area (Å²) in [6.07, 6.45) is 0.745. The summed E-state index contributed by atoms with van der Waals surface area (Å²) in [6, 6.07) is 15.0. The molecule has 0 saturated heterocycles. The molecule has 0 aromatic heterocycles. The Hall–Kier alpha value is -1.80. The molecule has 0 bridgehead atoms. The summed E-state index contributed by atoms with van der Waals surface area (Å²) >= 11 is 5.92. The first kappa shape index (κ1) is 10.7. The molecule has 0 aliphatic rings. The molecule has 0 heterocycles. The highest BCUT2D eigenvalue weighted by Crippen LogP contribution is 2.22. The molecule has 0 fully saturated rings. The second-order valence-electron chi connectivity index (χ2n) is 3.35. The zero-order valence-electron chi connectivity index (χ0n) is 8.48. The summed E-state index contributed by atoms with van der Waals surface area (Å²) in [5.74, 6) is 0. The first-order valence-corrected chi connectivity index (χ1v) is 5.24. The van der Waals surface area contributed by atoms with Crippen LogP contribution in [0, 0.1) is 0 Å². The number of benzene rings is 2. The summed E-state index contributed by atoms with van der Waals surface area (Å²) in [4.78, 5) is 10.6. The van der Waals surface area contributed by atoms with Crippen molar-refractivity contribution in [2.75, 3.05) is 5.32 Å². The van der Waals surface area contributed by atoms with Crippen LogP contribution in [0.2, 0.25) is 5.02 Å². The smallest absolute Gasteiger partial charge is 0.151 e. The second-order valence-corrected chi connectivity index (χ2v) is 3.75. The number of carbonyl (C=O) groups excluding carboxylic acids is 1. The van der Waals surface area contributed by atoms with Crippen molar-refractivity contribution >= 4 is 29.3 Å². The molecular formula is C13H10ClNO. The third-order valence-electron chi connectivity index (χ3n) is 2.19. The molecule has 0 amide bonds. The molecule has 0 aliphatic carbocycles. The molecule has 0 unspecified atom stereocenters. The van der Waals surface area contributed by atoms with Crippen LogP contribution in [0.15, 0.2) is 48.5 Å². The average molecular weight is 232 g/mol. The van der Waals surface area contributed by atoms with Gasteiger partial charge in [0.15, 0.2) is 6.29 Å². The molecule has 16 heavy (non-hydrogen) atoms. The number of hydrogen-bond acceptors (Lipinski definition) is 2. The van der Waals surface area contributed by atoms with E-state index in [1.165, 1.54) is 0 Å². The van der Waals surface area contributed by atoms with Crippen LogP contribution < -0.4 is 5.32 Å². The standard InChI is InChI=1S/C13H10ClNO/c14-13-8-12(7-6-10(13)9-16)15-11-4-2-1-3-5-11/h1-9,15H. The Labute approximate surface area is 98.9 Å². The SMILES string of the molecule is O=Cc1ccc(Nc2ccccc2)cc1Cl. The minimum absolute atomic E-state index is 0.455. The van der Waals surface area contributed by atoms with E-state index in [0.29, 0.717) is 10.6 Å². The van der Waals surface area contributed by atoms with Gasteiger partial charge in [-0.15, -0.1) is 0 Å². The lowest BCUT2D eigenvalue weighted by atomic mass is 10.2. The summed E-state index contributed by atoms with van der Waals surface area (Å²) in [6.45, 7) is 0. The van der Waals surface area contributed by atoms with Gasteiger partial charge in [0.1, 0.15) is 0 Å².